The molecule has 0 atom stereocenters. The third-order valence-corrected chi connectivity index (χ3v) is 8.51. The fourth-order valence-corrected chi connectivity index (χ4v) is 5.74. The number of anilines is 1. The van der Waals surface area contributed by atoms with Gasteiger partial charge in [0.1, 0.15) is 0 Å². The van der Waals surface area contributed by atoms with Gasteiger partial charge in [0.05, 0.1) is 0 Å². The largest absolute Gasteiger partial charge is 0.331 e. The smallest absolute Gasteiger partial charge is 0.255 e. The molecule has 0 aromatic heterocycles. The summed E-state index contributed by atoms with van der Waals surface area (Å²) in [5.74, 6) is 0.697. The van der Waals surface area contributed by atoms with E-state index in [1.165, 1.54) is 31.2 Å². The van der Waals surface area contributed by atoms with Gasteiger partial charge < -0.3 is 15.1 Å². The van der Waals surface area contributed by atoms with Gasteiger partial charge in [0.25, 0.3) is 11.8 Å². The average molecular weight is 568 g/mol. The first-order valence-corrected chi connectivity index (χ1v) is 15.9. The minimum atomic E-state index is -0.111. The van der Waals surface area contributed by atoms with Crippen LogP contribution in [0.25, 0.3) is 0 Å². The third kappa shape index (κ3) is 9.03. The van der Waals surface area contributed by atoms with Crippen LogP contribution in [0.2, 0.25) is 0 Å². The molecular formula is C37H49N3O2. The summed E-state index contributed by atoms with van der Waals surface area (Å²) in [6, 6.07) is 24.0. The van der Waals surface area contributed by atoms with Crippen LogP contribution in [0.1, 0.15) is 96.7 Å². The maximum Gasteiger partial charge on any atom is 0.255 e. The van der Waals surface area contributed by atoms with Crippen molar-refractivity contribution >= 4 is 17.5 Å². The van der Waals surface area contributed by atoms with Crippen LogP contribution in [0.15, 0.2) is 72.8 Å². The molecule has 5 heteroatoms. The summed E-state index contributed by atoms with van der Waals surface area (Å²) < 4.78 is 0. The van der Waals surface area contributed by atoms with Crippen molar-refractivity contribution in [3.05, 3.63) is 101 Å². The van der Waals surface area contributed by atoms with Crippen LogP contribution in [0, 0.1) is 12.8 Å². The van der Waals surface area contributed by atoms with Crippen molar-refractivity contribution in [2.45, 2.75) is 85.2 Å². The molecule has 0 unspecified atom stereocenters. The summed E-state index contributed by atoms with van der Waals surface area (Å²) in [5, 5.41) is 3.01. The summed E-state index contributed by atoms with van der Waals surface area (Å²) in [4.78, 5) is 31.4. The minimum Gasteiger partial charge on any atom is -0.331 e. The Labute approximate surface area is 253 Å². The van der Waals surface area contributed by atoms with E-state index in [4.69, 9.17) is 0 Å². The second kappa shape index (κ2) is 15.7. The lowest BCUT2D eigenvalue weighted by Crippen LogP contribution is -2.47. The van der Waals surface area contributed by atoms with E-state index in [2.05, 4.69) is 48.0 Å². The molecule has 1 N–H and O–H groups in total. The highest BCUT2D eigenvalue weighted by Crippen LogP contribution is 2.24. The van der Waals surface area contributed by atoms with Crippen molar-refractivity contribution in [3.8, 4) is 0 Å². The summed E-state index contributed by atoms with van der Waals surface area (Å²) in [6.07, 6.45) is 7.89. The van der Waals surface area contributed by atoms with Gasteiger partial charge in [-0.25, -0.2) is 0 Å². The Morgan fingerprint density at radius 1 is 0.905 bits per heavy atom. The molecule has 224 valence electrons. The van der Waals surface area contributed by atoms with Gasteiger partial charge in [0, 0.05) is 42.5 Å². The Morgan fingerprint density at radius 3 is 2.21 bits per heavy atom. The van der Waals surface area contributed by atoms with Crippen molar-refractivity contribution in [2.75, 3.05) is 25.0 Å². The number of carbonyl (C=O) groups is 2. The van der Waals surface area contributed by atoms with E-state index < -0.39 is 0 Å². The number of aryl methyl sites for hydroxylation is 2. The van der Waals surface area contributed by atoms with Gasteiger partial charge in [0.15, 0.2) is 0 Å². The summed E-state index contributed by atoms with van der Waals surface area (Å²) in [5.41, 5.74) is 5.50. The quantitative estimate of drug-likeness (QED) is 0.212. The van der Waals surface area contributed by atoms with Gasteiger partial charge in [-0.2, -0.15) is 0 Å². The zero-order chi connectivity index (χ0) is 29.9. The first kappa shape index (κ1) is 31.5. The normalized spacial score (nSPS) is 14.2. The standard InChI is InChI=1S/C37H49N3O2/c1-5-6-7-11-30-13-17-32(18-14-30)37(42)40(34-22-25-39(26-23-34)24-21-28(2)3)27-31-15-19-33(20-16-31)38-36(41)35-12-9-8-10-29(35)4/h8-10,12-20,28,34H,5-7,11,21-27H2,1-4H3,(H,38,41). The van der Waals surface area contributed by atoms with Crippen molar-refractivity contribution < 1.29 is 9.59 Å². The molecular weight excluding hydrogens is 518 g/mol. The molecule has 1 saturated heterocycles. The van der Waals surface area contributed by atoms with Gasteiger partial charge in [-0.05, 0) is 98.5 Å². The number of hydrogen-bond acceptors (Lipinski definition) is 3. The molecule has 4 rings (SSSR count). The number of piperidine rings is 1. The highest BCUT2D eigenvalue weighted by molar-refractivity contribution is 6.05. The lowest BCUT2D eigenvalue weighted by molar-refractivity contribution is 0.0546. The minimum absolute atomic E-state index is 0.104. The number of nitrogens with zero attached hydrogens (tertiary/aromatic N) is 2. The molecule has 42 heavy (non-hydrogen) atoms. The second-order valence-corrected chi connectivity index (χ2v) is 12.3. The van der Waals surface area contributed by atoms with E-state index in [0.717, 1.165) is 61.3 Å². The molecule has 0 saturated carbocycles. The van der Waals surface area contributed by atoms with Gasteiger partial charge in [0.2, 0.25) is 0 Å². The highest BCUT2D eigenvalue weighted by Gasteiger charge is 2.29. The Bertz CT molecular complexity index is 1280. The van der Waals surface area contributed by atoms with Gasteiger partial charge in [-0.3, -0.25) is 9.59 Å². The van der Waals surface area contributed by atoms with Crippen LogP contribution in [0.3, 0.4) is 0 Å². The lowest BCUT2D eigenvalue weighted by atomic mass is 9.99. The predicted octanol–water partition coefficient (Wildman–Crippen LogP) is 8.13. The van der Waals surface area contributed by atoms with Crippen LogP contribution in [-0.4, -0.2) is 47.3 Å². The lowest BCUT2D eigenvalue weighted by Gasteiger charge is -2.39. The number of rotatable bonds is 13. The molecule has 3 aromatic carbocycles. The van der Waals surface area contributed by atoms with Gasteiger partial charge in [-0.1, -0.05) is 76.1 Å². The molecule has 1 aliphatic heterocycles. The van der Waals surface area contributed by atoms with Crippen LogP contribution < -0.4 is 5.32 Å². The fourth-order valence-electron chi connectivity index (χ4n) is 5.74. The van der Waals surface area contributed by atoms with Crippen LogP contribution in [0.4, 0.5) is 5.69 Å². The van der Waals surface area contributed by atoms with E-state index in [0.29, 0.717) is 18.0 Å². The molecule has 0 aliphatic carbocycles. The number of benzene rings is 3. The zero-order valence-electron chi connectivity index (χ0n) is 26.1. The van der Waals surface area contributed by atoms with Crippen LogP contribution in [0.5, 0.6) is 0 Å². The zero-order valence-corrected chi connectivity index (χ0v) is 26.1. The summed E-state index contributed by atoms with van der Waals surface area (Å²) in [7, 11) is 0. The number of carbonyl (C=O) groups excluding carboxylic acids is 2. The molecule has 1 heterocycles. The maximum atomic E-state index is 14.0. The Balaban J connectivity index is 1.46. The fraction of sp³-hybridized carbons (Fsp3) is 0.459. The highest BCUT2D eigenvalue weighted by atomic mass is 16.2. The molecule has 0 bridgehead atoms. The third-order valence-electron chi connectivity index (χ3n) is 8.51. The van der Waals surface area contributed by atoms with E-state index in [-0.39, 0.29) is 17.9 Å². The molecule has 0 radical (unpaired) electrons. The van der Waals surface area contributed by atoms with Crippen molar-refractivity contribution in [2.24, 2.45) is 5.92 Å². The maximum absolute atomic E-state index is 14.0. The SMILES string of the molecule is CCCCCc1ccc(C(=O)N(Cc2ccc(NC(=O)c3ccccc3C)cc2)C2CCN(CCC(C)C)CC2)cc1. The molecule has 5 nitrogen and oxygen atoms in total. The Kier molecular flexibility index (Phi) is 11.8. The van der Waals surface area contributed by atoms with E-state index in [9.17, 15) is 9.59 Å². The van der Waals surface area contributed by atoms with Crippen molar-refractivity contribution in [1.29, 1.82) is 0 Å². The first-order chi connectivity index (χ1) is 20.3. The number of hydrogen-bond donors (Lipinski definition) is 1. The predicted molar refractivity (Wildman–Crippen MR) is 174 cm³/mol. The number of amides is 2. The van der Waals surface area contributed by atoms with Crippen molar-refractivity contribution in [3.63, 3.8) is 0 Å². The van der Waals surface area contributed by atoms with E-state index >= 15 is 0 Å². The average Bonchev–Trinajstić information content (AvgIpc) is 3.00. The van der Waals surface area contributed by atoms with Crippen LogP contribution in [-0.2, 0) is 13.0 Å². The van der Waals surface area contributed by atoms with Crippen LogP contribution >= 0.6 is 0 Å². The summed E-state index contributed by atoms with van der Waals surface area (Å²) in [6.45, 7) is 12.5. The van der Waals surface area contributed by atoms with Gasteiger partial charge >= 0.3 is 0 Å². The van der Waals surface area contributed by atoms with E-state index in [1.54, 1.807) is 0 Å². The molecule has 2 amide bonds. The number of unbranched alkanes of at least 4 members (excludes halogenated alkanes) is 2. The molecule has 1 fully saturated rings. The molecule has 3 aromatic rings. The van der Waals surface area contributed by atoms with Gasteiger partial charge in [-0.15, -0.1) is 0 Å². The number of likely N-dealkylation sites (tertiary alicyclic amines) is 1. The monoisotopic (exact) mass is 567 g/mol. The summed E-state index contributed by atoms with van der Waals surface area (Å²) >= 11 is 0. The Hall–Kier alpha value is -3.44. The Morgan fingerprint density at radius 2 is 1.57 bits per heavy atom. The first-order valence-electron chi connectivity index (χ1n) is 15.9. The topological polar surface area (TPSA) is 52.7 Å². The molecule has 0 spiro atoms. The molecule has 1 aliphatic rings. The second-order valence-electron chi connectivity index (χ2n) is 12.3. The number of nitrogens with one attached hydrogen (secondary N) is 1. The van der Waals surface area contributed by atoms with Crippen molar-refractivity contribution in [1.82, 2.24) is 9.80 Å². The van der Waals surface area contributed by atoms with E-state index in [1.807, 2.05) is 67.6 Å².